The number of aryl methyl sites for hydroxylation is 2. The first-order valence-corrected chi connectivity index (χ1v) is 7.70. The van der Waals surface area contributed by atoms with Gasteiger partial charge in [0, 0.05) is 29.9 Å². The Kier molecular flexibility index (Phi) is 3.77. The minimum atomic E-state index is -4.35. The van der Waals surface area contributed by atoms with Gasteiger partial charge in [0.1, 0.15) is 0 Å². The molecule has 2 fully saturated rings. The molecular weight excluding hydrogens is 309 g/mol. The minimum absolute atomic E-state index is 0.0242. The van der Waals surface area contributed by atoms with Gasteiger partial charge < -0.3 is 10.0 Å². The van der Waals surface area contributed by atoms with Crippen LogP contribution in [-0.2, 0) is 12.6 Å². The highest BCUT2D eigenvalue weighted by Crippen LogP contribution is 2.53. The van der Waals surface area contributed by atoms with E-state index in [1.54, 1.807) is 0 Å². The predicted molar refractivity (Wildman–Crippen MR) is 77.1 cm³/mol. The Hall–Kier alpha value is -1.79. The van der Waals surface area contributed by atoms with Crippen LogP contribution >= 0.6 is 0 Å². The van der Waals surface area contributed by atoms with Crippen LogP contribution in [0, 0.1) is 18.3 Å². The van der Waals surface area contributed by atoms with Crippen LogP contribution < -0.4 is 0 Å². The van der Waals surface area contributed by atoms with Crippen molar-refractivity contribution < 1.29 is 23.1 Å². The fourth-order valence-electron chi connectivity index (χ4n) is 3.93. The molecular formula is C16H19F3N2O2. The molecule has 1 aromatic heterocycles. The number of alkyl halides is 3. The fraction of sp³-hybridized carbons (Fsp3) is 0.625. The van der Waals surface area contributed by atoms with Gasteiger partial charge in [-0.15, -0.1) is 0 Å². The highest BCUT2D eigenvalue weighted by atomic mass is 19.4. The zero-order valence-corrected chi connectivity index (χ0v) is 12.9. The zero-order chi connectivity index (χ0) is 16.8. The Balaban J connectivity index is 1.48. The molecule has 1 N–H and O–H groups in total. The van der Waals surface area contributed by atoms with E-state index < -0.39 is 17.8 Å². The summed E-state index contributed by atoms with van der Waals surface area (Å²) in [4.78, 5) is 16.3. The zero-order valence-electron chi connectivity index (χ0n) is 12.9. The number of nitrogens with zero attached hydrogens (tertiary/aromatic N) is 2. The summed E-state index contributed by atoms with van der Waals surface area (Å²) in [6.07, 6.45) is -1.62. The number of likely N-dealkylation sites (tertiary alicyclic amines) is 1. The molecule has 2 heterocycles. The molecule has 1 aliphatic heterocycles. The van der Waals surface area contributed by atoms with E-state index >= 15 is 0 Å². The number of hydrogen-bond acceptors (Lipinski definition) is 2. The summed E-state index contributed by atoms with van der Waals surface area (Å²) in [5.74, 6) is 0.523. The van der Waals surface area contributed by atoms with Gasteiger partial charge in [0.2, 0.25) is 0 Å². The minimum Gasteiger partial charge on any atom is -0.465 e. The third-order valence-electron chi connectivity index (χ3n) is 5.02. The Labute approximate surface area is 132 Å². The molecule has 1 amide bonds. The lowest BCUT2D eigenvalue weighted by Crippen LogP contribution is -2.63. The van der Waals surface area contributed by atoms with Gasteiger partial charge in [-0.1, -0.05) is 0 Å². The molecule has 2 aliphatic rings. The van der Waals surface area contributed by atoms with Crippen LogP contribution in [0.2, 0.25) is 0 Å². The monoisotopic (exact) mass is 328 g/mol. The van der Waals surface area contributed by atoms with E-state index in [2.05, 4.69) is 4.98 Å². The van der Waals surface area contributed by atoms with Gasteiger partial charge in [-0.3, -0.25) is 4.98 Å². The van der Waals surface area contributed by atoms with Crippen molar-refractivity contribution in [1.29, 1.82) is 0 Å². The van der Waals surface area contributed by atoms with Crippen molar-refractivity contribution in [2.75, 3.05) is 13.1 Å². The van der Waals surface area contributed by atoms with E-state index in [4.69, 9.17) is 5.11 Å². The van der Waals surface area contributed by atoms with E-state index in [9.17, 15) is 18.0 Å². The summed E-state index contributed by atoms with van der Waals surface area (Å²) in [5, 5.41) is 8.85. The molecule has 0 aromatic carbocycles. The molecule has 0 bridgehead atoms. The van der Waals surface area contributed by atoms with Gasteiger partial charge in [0.05, 0.1) is 5.56 Å². The van der Waals surface area contributed by atoms with Crippen LogP contribution in [0.15, 0.2) is 12.1 Å². The molecule has 0 radical (unpaired) electrons. The van der Waals surface area contributed by atoms with Crippen molar-refractivity contribution in [3.05, 3.63) is 29.1 Å². The van der Waals surface area contributed by atoms with E-state index in [0.717, 1.165) is 25.3 Å². The lowest BCUT2D eigenvalue weighted by atomic mass is 9.57. The molecule has 23 heavy (non-hydrogen) atoms. The second-order valence-electron chi connectivity index (χ2n) is 6.88. The van der Waals surface area contributed by atoms with Crippen molar-refractivity contribution in [3.8, 4) is 0 Å². The standard InChI is InChI=1S/C16H19F3N2O2/c1-10-13(16(17,18)19)5-4-12(20-10)3-2-11-6-15(7-11)8-21(9-15)14(22)23/h4-5,11H,2-3,6-9H2,1H3,(H,22,23). The van der Waals surface area contributed by atoms with Crippen LogP contribution in [0.25, 0.3) is 0 Å². The predicted octanol–water partition coefficient (Wildman–Crippen LogP) is 3.73. The number of halogens is 3. The van der Waals surface area contributed by atoms with E-state index in [0.29, 0.717) is 31.1 Å². The highest BCUT2D eigenvalue weighted by Gasteiger charge is 2.53. The van der Waals surface area contributed by atoms with E-state index in [-0.39, 0.29) is 11.1 Å². The summed E-state index contributed by atoms with van der Waals surface area (Å²) in [6.45, 7) is 2.63. The summed E-state index contributed by atoms with van der Waals surface area (Å²) in [6, 6.07) is 2.57. The van der Waals surface area contributed by atoms with Crippen molar-refractivity contribution in [3.63, 3.8) is 0 Å². The largest absolute Gasteiger partial charge is 0.465 e. The molecule has 4 nitrogen and oxygen atoms in total. The van der Waals surface area contributed by atoms with Crippen molar-refractivity contribution in [2.45, 2.75) is 38.8 Å². The highest BCUT2D eigenvalue weighted by molar-refractivity contribution is 5.66. The summed E-state index contributed by atoms with van der Waals surface area (Å²) in [7, 11) is 0. The average molecular weight is 328 g/mol. The second-order valence-corrected chi connectivity index (χ2v) is 6.88. The Bertz CT molecular complexity index is 616. The number of hydrogen-bond donors (Lipinski definition) is 1. The number of amides is 1. The summed E-state index contributed by atoms with van der Waals surface area (Å²) < 4.78 is 38.1. The molecule has 0 unspecified atom stereocenters. The van der Waals surface area contributed by atoms with Crippen LogP contribution in [0.3, 0.4) is 0 Å². The lowest BCUT2D eigenvalue weighted by molar-refractivity contribution is -0.138. The maximum Gasteiger partial charge on any atom is 0.418 e. The first-order chi connectivity index (χ1) is 10.7. The van der Waals surface area contributed by atoms with Gasteiger partial charge in [0.15, 0.2) is 0 Å². The molecule has 1 saturated heterocycles. The number of aromatic nitrogens is 1. The van der Waals surface area contributed by atoms with Crippen molar-refractivity contribution in [1.82, 2.24) is 9.88 Å². The van der Waals surface area contributed by atoms with Gasteiger partial charge in [0.25, 0.3) is 0 Å². The van der Waals surface area contributed by atoms with Crippen molar-refractivity contribution in [2.24, 2.45) is 11.3 Å². The number of rotatable bonds is 3. The molecule has 7 heteroatoms. The van der Waals surface area contributed by atoms with Crippen molar-refractivity contribution >= 4 is 6.09 Å². The van der Waals surface area contributed by atoms with E-state index in [1.165, 1.54) is 17.9 Å². The first-order valence-electron chi connectivity index (χ1n) is 7.70. The van der Waals surface area contributed by atoms with E-state index in [1.807, 2.05) is 0 Å². The van der Waals surface area contributed by atoms with Gasteiger partial charge >= 0.3 is 12.3 Å². The smallest absolute Gasteiger partial charge is 0.418 e. The van der Waals surface area contributed by atoms with Crippen LogP contribution in [-0.4, -0.2) is 34.2 Å². The topological polar surface area (TPSA) is 53.4 Å². The quantitative estimate of drug-likeness (QED) is 0.920. The van der Waals surface area contributed by atoms with Gasteiger partial charge in [-0.05, 0) is 50.7 Å². The lowest BCUT2D eigenvalue weighted by Gasteiger charge is -2.58. The Morgan fingerprint density at radius 3 is 2.57 bits per heavy atom. The molecule has 126 valence electrons. The molecule has 1 aromatic rings. The van der Waals surface area contributed by atoms with Crippen LogP contribution in [0.4, 0.5) is 18.0 Å². The Morgan fingerprint density at radius 1 is 1.39 bits per heavy atom. The maximum atomic E-state index is 12.7. The Morgan fingerprint density at radius 2 is 2.04 bits per heavy atom. The molecule has 1 saturated carbocycles. The second kappa shape index (κ2) is 5.39. The SMILES string of the molecule is Cc1nc(CCC2CC3(C2)CN(C(=O)O)C3)ccc1C(F)(F)F. The third kappa shape index (κ3) is 3.14. The normalized spacial score (nSPS) is 20.3. The van der Waals surface area contributed by atoms with Crippen LogP contribution in [0.5, 0.6) is 0 Å². The van der Waals surface area contributed by atoms with Crippen LogP contribution in [0.1, 0.15) is 36.2 Å². The summed E-state index contributed by atoms with van der Waals surface area (Å²) >= 11 is 0. The third-order valence-corrected chi connectivity index (χ3v) is 5.02. The van der Waals surface area contributed by atoms with Gasteiger partial charge in [-0.25, -0.2) is 4.79 Å². The fourth-order valence-corrected chi connectivity index (χ4v) is 3.93. The summed E-state index contributed by atoms with van der Waals surface area (Å²) in [5.41, 5.74) is 0.215. The average Bonchev–Trinajstić information content (AvgIpc) is 2.32. The van der Waals surface area contributed by atoms with Gasteiger partial charge in [-0.2, -0.15) is 13.2 Å². The molecule has 3 rings (SSSR count). The number of pyridine rings is 1. The molecule has 0 atom stereocenters. The molecule has 1 aliphatic carbocycles. The maximum absolute atomic E-state index is 12.7. The first kappa shape index (κ1) is 16.1. The number of carboxylic acid groups (broad SMARTS) is 1. The number of carbonyl (C=O) groups is 1. The molecule has 1 spiro atoms.